The van der Waals surface area contributed by atoms with Crippen LogP contribution in [-0.2, 0) is 0 Å². The van der Waals surface area contributed by atoms with E-state index in [1.807, 2.05) is 13.8 Å². The second-order valence-electron chi connectivity index (χ2n) is 3.70. The SMILES string of the molecule is CC(=O)c1cc2oc(C)c(C)c2cc1O. The van der Waals surface area contributed by atoms with Crippen LogP contribution < -0.4 is 0 Å². The summed E-state index contributed by atoms with van der Waals surface area (Å²) in [7, 11) is 0. The number of carbonyl (C=O) groups is 1. The van der Waals surface area contributed by atoms with Gasteiger partial charge in [-0.15, -0.1) is 0 Å². The zero-order valence-electron chi connectivity index (χ0n) is 8.92. The van der Waals surface area contributed by atoms with E-state index in [0.29, 0.717) is 11.1 Å². The lowest BCUT2D eigenvalue weighted by Crippen LogP contribution is -1.91. The Bertz CT molecular complexity index is 549. The highest BCUT2D eigenvalue weighted by Gasteiger charge is 2.13. The predicted octanol–water partition coefficient (Wildman–Crippen LogP) is 2.96. The molecule has 78 valence electrons. The fourth-order valence-corrected chi connectivity index (χ4v) is 1.66. The zero-order chi connectivity index (χ0) is 11.2. The van der Waals surface area contributed by atoms with Crippen LogP contribution in [0.2, 0.25) is 0 Å². The van der Waals surface area contributed by atoms with E-state index in [0.717, 1.165) is 16.7 Å². The molecule has 1 aromatic carbocycles. The van der Waals surface area contributed by atoms with Crippen LogP contribution in [0.3, 0.4) is 0 Å². The smallest absolute Gasteiger partial charge is 0.163 e. The van der Waals surface area contributed by atoms with Gasteiger partial charge in [0.05, 0.1) is 5.56 Å². The second kappa shape index (κ2) is 3.12. The number of hydrogen-bond acceptors (Lipinski definition) is 3. The molecule has 0 unspecified atom stereocenters. The van der Waals surface area contributed by atoms with Gasteiger partial charge in [-0.1, -0.05) is 0 Å². The summed E-state index contributed by atoms with van der Waals surface area (Å²) in [6.45, 7) is 5.21. The number of fused-ring (bicyclic) bond motifs is 1. The van der Waals surface area contributed by atoms with Gasteiger partial charge in [0.25, 0.3) is 0 Å². The lowest BCUT2D eigenvalue weighted by Gasteiger charge is -1.99. The first-order valence-electron chi connectivity index (χ1n) is 4.74. The number of phenolic OH excluding ortho intramolecular Hbond substituents is 1. The van der Waals surface area contributed by atoms with Crippen LogP contribution in [0.1, 0.15) is 28.6 Å². The van der Waals surface area contributed by atoms with Gasteiger partial charge in [0, 0.05) is 5.39 Å². The number of benzene rings is 1. The van der Waals surface area contributed by atoms with Gasteiger partial charge in [0.15, 0.2) is 5.78 Å². The van der Waals surface area contributed by atoms with E-state index in [1.54, 1.807) is 12.1 Å². The third-order valence-electron chi connectivity index (χ3n) is 2.67. The molecule has 2 rings (SSSR count). The molecule has 0 bridgehead atoms. The largest absolute Gasteiger partial charge is 0.507 e. The summed E-state index contributed by atoms with van der Waals surface area (Å²) in [5.74, 6) is 0.658. The molecule has 0 aliphatic heterocycles. The minimum atomic E-state index is -0.166. The number of hydrogen-bond donors (Lipinski definition) is 1. The van der Waals surface area contributed by atoms with Crippen LogP contribution >= 0.6 is 0 Å². The number of furan rings is 1. The fourth-order valence-electron chi connectivity index (χ4n) is 1.66. The van der Waals surface area contributed by atoms with Gasteiger partial charge in [0.1, 0.15) is 17.1 Å². The monoisotopic (exact) mass is 204 g/mol. The van der Waals surface area contributed by atoms with Crippen molar-refractivity contribution in [2.45, 2.75) is 20.8 Å². The Morgan fingerprint density at radius 2 is 2.00 bits per heavy atom. The summed E-state index contributed by atoms with van der Waals surface area (Å²) >= 11 is 0. The quantitative estimate of drug-likeness (QED) is 0.726. The van der Waals surface area contributed by atoms with Crippen molar-refractivity contribution in [1.82, 2.24) is 0 Å². The van der Waals surface area contributed by atoms with Crippen LogP contribution in [0.25, 0.3) is 11.0 Å². The van der Waals surface area contributed by atoms with Gasteiger partial charge in [-0.2, -0.15) is 0 Å². The molecular formula is C12H12O3. The van der Waals surface area contributed by atoms with E-state index in [4.69, 9.17) is 4.42 Å². The Balaban J connectivity index is 2.82. The van der Waals surface area contributed by atoms with E-state index in [1.165, 1.54) is 6.92 Å². The average molecular weight is 204 g/mol. The Labute approximate surface area is 87.3 Å². The molecule has 1 heterocycles. The molecule has 0 radical (unpaired) electrons. The van der Waals surface area contributed by atoms with E-state index in [2.05, 4.69) is 0 Å². The van der Waals surface area contributed by atoms with Gasteiger partial charge >= 0.3 is 0 Å². The van der Waals surface area contributed by atoms with Crippen LogP contribution in [0.15, 0.2) is 16.5 Å². The van der Waals surface area contributed by atoms with Crippen molar-refractivity contribution in [3.05, 3.63) is 29.0 Å². The molecular weight excluding hydrogens is 192 g/mol. The summed E-state index contributed by atoms with van der Waals surface area (Å²) in [6.07, 6.45) is 0. The van der Waals surface area contributed by atoms with E-state index in [9.17, 15) is 9.90 Å². The summed E-state index contributed by atoms with van der Waals surface area (Å²) in [5, 5.41) is 10.5. The summed E-state index contributed by atoms with van der Waals surface area (Å²) in [4.78, 5) is 11.2. The molecule has 0 aliphatic carbocycles. The number of phenols is 1. The highest BCUT2D eigenvalue weighted by Crippen LogP contribution is 2.30. The first-order chi connectivity index (χ1) is 7.00. The third kappa shape index (κ3) is 1.40. The first-order valence-corrected chi connectivity index (χ1v) is 4.74. The highest BCUT2D eigenvalue weighted by molar-refractivity contribution is 6.01. The average Bonchev–Trinajstić information content (AvgIpc) is 2.43. The minimum Gasteiger partial charge on any atom is -0.507 e. The zero-order valence-corrected chi connectivity index (χ0v) is 8.92. The Morgan fingerprint density at radius 3 is 2.60 bits per heavy atom. The van der Waals surface area contributed by atoms with E-state index < -0.39 is 0 Å². The molecule has 0 saturated heterocycles. The van der Waals surface area contributed by atoms with Crippen LogP contribution in [0.5, 0.6) is 5.75 Å². The molecule has 0 amide bonds. The molecule has 0 saturated carbocycles. The summed E-state index contributed by atoms with van der Waals surface area (Å²) < 4.78 is 5.48. The summed E-state index contributed by atoms with van der Waals surface area (Å²) in [5.41, 5.74) is 1.94. The van der Waals surface area contributed by atoms with E-state index in [-0.39, 0.29) is 11.5 Å². The number of ketones is 1. The standard InChI is InChI=1S/C12H12O3/c1-6-8(3)15-12-5-10(7(2)13)11(14)4-9(6)12/h4-5,14H,1-3H3. The molecule has 1 N–H and O–H groups in total. The van der Waals surface area contributed by atoms with Gasteiger partial charge in [-0.05, 0) is 38.5 Å². The number of rotatable bonds is 1. The molecule has 0 fully saturated rings. The van der Waals surface area contributed by atoms with Crippen molar-refractivity contribution in [3.8, 4) is 5.75 Å². The molecule has 2 aromatic rings. The fraction of sp³-hybridized carbons (Fsp3) is 0.250. The maximum atomic E-state index is 11.2. The lowest BCUT2D eigenvalue weighted by molar-refractivity contribution is 0.101. The van der Waals surface area contributed by atoms with Crippen molar-refractivity contribution >= 4 is 16.8 Å². The van der Waals surface area contributed by atoms with Crippen molar-refractivity contribution in [2.24, 2.45) is 0 Å². The highest BCUT2D eigenvalue weighted by atomic mass is 16.3. The van der Waals surface area contributed by atoms with Crippen LogP contribution in [0.4, 0.5) is 0 Å². The van der Waals surface area contributed by atoms with Gasteiger partial charge in [0.2, 0.25) is 0 Å². The molecule has 15 heavy (non-hydrogen) atoms. The Morgan fingerprint density at radius 1 is 1.33 bits per heavy atom. The number of aryl methyl sites for hydroxylation is 2. The number of carbonyl (C=O) groups excluding carboxylic acids is 1. The first kappa shape index (κ1) is 9.77. The molecule has 3 nitrogen and oxygen atoms in total. The van der Waals surface area contributed by atoms with Gasteiger partial charge in [-0.25, -0.2) is 0 Å². The Hall–Kier alpha value is -1.77. The summed E-state index contributed by atoms with van der Waals surface area (Å²) in [6, 6.07) is 3.17. The van der Waals surface area contributed by atoms with Crippen LogP contribution in [0, 0.1) is 13.8 Å². The predicted molar refractivity (Wildman–Crippen MR) is 57.4 cm³/mol. The minimum absolute atomic E-state index is 0.0129. The molecule has 0 spiro atoms. The van der Waals surface area contributed by atoms with Gasteiger partial charge in [-0.3, -0.25) is 4.79 Å². The van der Waals surface area contributed by atoms with Crippen LogP contribution in [-0.4, -0.2) is 10.9 Å². The Kier molecular flexibility index (Phi) is 2.03. The third-order valence-corrected chi connectivity index (χ3v) is 2.67. The number of Topliss-reactive ketones (excluding diaryl/α,β-unsaturated/α-hetero) is 1. The van der Waals surface area contributed by atoms with Crippen molar-refractivity contribution in [1.29, 1.82) is 0 Å². The molecule has 1 aromatic heterocycles. The lowest BCUT2D eigenvalue weighted by atomic mass is 10.1. The second-order valence-corrected chi connectivity index (χ2v) is 3.70. The van der Waals surface area contributed by atoms with E-state index >= 15 is 0 Å². The van der Waals surface area contributed by atoms with Gasteiger partial charge < -0.3 is 9.52 Å². The maximum absolute atomic E-state index is 11.2. The normalized spacial score (nSPS) is 10.9. The molecule has 0 aliphatic rings. The maximum Gasteiger partial charge on any atom is 0.163 e. The van der Waals surface area contributed by atoms with Crippen molar-refractivity contribution < 1.29 is 14.3 Å². The number of aromatic hydroxyl groups is 1. The molecule has 0 atom stereocenters. The van der Waals surface area contributed by atoms with Crippen molar-refractivity contribution in [2.75, 3.05) is 0 Å². The molecule has 3 heteroatoms. The van der Waals surface area contributed by atoms with Crippen molar-refractivity contribution in [3.63, 3.8) is 0 Å². The topological polar surface area (TPSA) is 50.4 Å².